The zero-order chi connectivity index (χ0) is 21.8. The van der Waals surface area contributed by atoms with Crippen molar-refractivity contribution in [3.8, 4) is 28.4 Å². The summed E-state index contributed by atoms with van der Waals surface area (Å²) in [6.07, 6.45) is 1.63. The fourth-order valence-corrected chi connectivity index (χ4v) is 4.55. The number of hydrogen-bond donors (Lipinski definition) is 1. The van der Waals surface area contributed by atoms with Gasteiger partial charge in [0.05, 0.1) is 30.4 Å². The quantitative estimate of drug-likeness (QED) is 0.384. The predicted molar refractivity (Wildman–Crippen MR) is 122 cm³/mol. The number of nitrogens with zero attached hydrogens (tertiary/aromatic N) is 4. The molecule has 0 spiro atoms. The Hall–Kier alpha value is -3.11. The highest BCUT2D eigenvalue weighted by molar-refractivity contribution is 7.99. The van der Waals surface area contributed by atoms with E-state index in [1.54, 1.807) is 13.4 Å². The van der Waals surface area contributed by atoms with Gasteiger partial charge in [-0.15, -0.1) is 21.5 Å². The molecule has 3 aromatic heterocycles. The number of thioether (sulfide) groups is 1. The molecule has 0 fully saturated rings. The van der Waals surface area contributed by atoms with E-state index in [-0.39, 0.29) is 11.7 Å². The lowest BCUT2D eigenvalue weighted by Crippen LogP contribution is -2.14. The number of carbonyl (C=O) groups is 1. The third-order valence-corrected chi connectivity index (χ3v) is 6.33. The number of amides is 1. The number of aromatic nitrogens is 4. The molecule has 0 atom stereocenters. The predicted octanol–water partition coefficient (Wildman–Crippen LogP) is 4.73. The number of methoxy groups -OCH3 is 1. The van der Waals surface area contributed by atoms with Crippen LogP contribution < -0.4 is 10.1 Å². The molecule has 31 heavy (non-hydrogen) atoms. The number of anilines is 1. The van der Waals surface area contributed by atoms with Crippen LogP contribution in [0.15, 0.2) is 51.5 Å². The molecule has 4 rings (SSSR count). The number of benzene rings is 1. The summed E-state index contributed by atoms with van der Waals surface area (Å²) in [6, 6.07) is 9.51. The first-order chi connectivity index (χ1) is 15.1. The van der Waals surface area contributed by atoms with Crippen LogP contribution >= 0.6 is 23.1 Å². The van der Waals surface area contributed by atoms with Crippen molar-refractivity contribution in [2.75, 3.05) is 18.2 Å². The van der Waals surface area contributed by atoms with Gasteiger partial charge in [0.2, 0.25) is 5.91 Å². The van der Waals surface area contributed by atoms with Crippen LogP contribution in [0.2, 0.25) is 0 Å². The number of ether oxygens (including phenoxy) is 1. The highest BCUT2D eigenvalue weighted by atomic mass is 32.2. The first kappa shape index (κ1) is 21.1. The van der Waals surface area contributed by atoms with E-state index in [2.05, 4.69) is 20.5 Å². The molecule has 8 nitrogen and oxygen atoms in total. The molecule has 0 aliphatic carbocycles. The molecule has 160 valence electrons. The second-order valence-electron chi connectivity index (χ2n) is 6.54. The Morgan fingerprint density at radius 3 is 2.74 bits per heavy atom. The summed E-state index contributed by atoms with van der Waals surface area (Å²) in [5.74, 6) is 2.37. The first-order valence-electron chi connectivity index (χ1n) is 9.59. The fourth-order valence-electron chi connectivity index (χ4n) is 3.01. The van der Waals surface area contributed by atoms with E-state index >= 15 is 0 Å². The maximum Gasteiger partial charge on any atom is 0.236 e. The van der Waals surface area contributed by atoms with E-state index < -0.39 is 0 Å². The Labute approximate surface area is 187 Å². The minimum atomic E-state index is -0.146. The summed E-state index contributed by atoms with van der Waals surface area (Å²) in [4.78, 5) is 17.0. The van der Waals surface area contributed by atoms with Gasteiger partial charge in [-0.1, -0.05) is 11.8 Å². The van der Waals surface area contributed by atoms with Gasteiger partial charge in [0.25, 0.3) is 0 Å². The number of nitrogens with one attached hydrogen (secondary N) is 1. The normalized spacial score (nSPS) is 10.9. The Kier molecular flexibility index (Phi) is 6.38. The first-order valence-corrected chi connectivity index (χ1v) is 11.5. The van der Waals surface area contributed by atoms with Crippen molar-refractivity contribution in [2.24, 2.45) is 0 Å². The Bertz CT molecular complexity index is 1180. The molecule has 0 saturated carbocycles. The van der Waals surface area contributed by atoms with E-state index in [1.807, 2.05) is 54.1 Å². The average Bonchev–Trinajstić information content (AvgIpc) is 3.51. The Balaban J connectivity index is 1.38. The van der Waals surface area contributed by atoms with Crippen LogP contribution in [0, 0.1) is 6.92 Å². The summed E-state index contributed by atoms with van der Waals surface area (Å²) in [5.41, 5.74) is 2.67. The van der Waals surface area contributed by atoms with Gasteiger partial charge in [-0.25, -0.2) is 4.98 Å². The van der Waals surface area contributed by atoms with E-state index in [0.29, 0.717) is 16.8 Å². The molecule has 0 bridgehead atoms. The van der Waals surface area contributed by atoms with E-state index in [4.69, 9.17) is 9.15 Å². The molecule has 0 radical (unpaired) electrons. The zero-order valence-corrected chi connectivity index (χ0v) is 18.9. The third-order valence-electron chi connectivity index (χ3n) is 4.60. The number of rotatable bonds is 8. The monoisotopic (exact) mass is 455 g/mol. The van der Waals surface area contributed by atoms with Crippen LogP contribution in [0.25, 0.3) is 22.6 Å². The van der Waals surface area contributed by atoms with Crippen molar-refractivity contribution >= 4 is 34.1 Å². The van der Waals surface area contributed by atoms with Gasteiger partial charge >= 0.3 is 0 Å². The van der Waals surface area contributed by atoms with Gasteiger partial charge in [-0.05, 0) is 44.2 Å². The van der Waals surface area contributed by atoms with E-state index in [1.165, 1.54) is 23.1 Å². The zero-order valence-electron chi connectivity index (χ0n) is 17.3. The number of furan rings is 1. The van der Waals surface area contributed by atoms with Crippen LogP contribution in [0.4, 0.5) is 5.13 Å². The Morgan fingerprint density at radius 1 is 1.26 bits per heavy atom. The van der Waals surface area contributed by atoms with E-state index in [9.17, 15) is 4.79 Å². The summed E-state index contributed by atoms with van der Waals surface area (Å²) in [6.45, 7) is 4.59. The topological polar surface area (TPSA) is 95.1 Å². The van der Waals surface area contributed by atoms with Gasteiger partial charge in [-0.2, -0.15) is 0 Å². The number of aryl methyl sites for hydroxylation is 1. The molecule has 1 aromatic carbocycles. The summed E-state index contributed by atoms with van der Waals surface area (Å²) >= 11 is 2.73. The average molecular weight is 456 g/mol. The Morgan fingerprint density at radius 2 is 2.06 bits per heavy atom. The van der Waals surface area contributed by atoms with Gasteiger partial charge < -0.3 is 19.0 Å². The standard InChI is InChI=1S/C21H21N5O3S2/c1-4-26-19(16-9-10-29-13(16)2)24-25-21(26)31-12-18(27)23-20-22-17(11-30-20)14-5-7-15(28-3)8-6-14/h5-11H,4,12H2,1-3H3,(H,22,23,27). The number of hydrogen-bond acceptors (Lipinski definition) is 8. The molecule has 0 aliphatic rings. The molecule has 0 saturated heterocycles. The molecular formula is C21H21N5O3S2. The third kappa shape index (κ3) is 4.64. The minimum Gasteiger partial charge on any atom is -0.497 e. The van der Waals surface area contributed by atoms with Crippen LogP contribution in [0.3, 0.4) is 0 Å². The molecule has 0 aliphatic heterocycles. The van der Waals surface area contributed by atoms with Gasteiger partial charge in [0.15, 0.2) is 16.1 Å². The molecule has 4 aromatic rings. The van der Waals surface area contributed by atoms with Crippen LogP contribution in [0.5, 0.6) is 5.75 Å². The van der Waals surface area contributed by atoms with Gasteiger partial charge in [0, 0.05) is 17.5 Å². The summed E-state index contributed by atoms with van der Waals surface area (Å²) in [7, 11) is 1.63. The van der Waals surface area contributed by atoms with Crippen molar-refractivity contribution < 1.29 is 13.9 Å². The molecule has 1 N–H and O–H groups in total. The van der Waals surface area contributed by atoms with Crippen LogP contribution in [-0.2, 0) is 11.3 Å². The second-order valence-corrected chi connectivity index (χ2v) is 8.34. The van der Waals surface area contributed by atoms with Gasteiger partial charge in [-0.3, -0.25) is 4.79 Å². The molecule has 10 heteroatoms. The van der Waals surface area contributed by atoms with Crippen molar-refractivity contribution in [2.45, 2.75) is 25.5 Å². The summed E-state index contributed by atoms with van der Waals surface area (Å²) in [5, 5.41) is 14.6. The lowest BCUT2D eigenvalue weighted by atomic mass is 10.2. The number of thiazole rings is 1. The van der Waals surface area contributed by atoms with E-state index in [0.717, 1.165) is 34.2 Å². The summed E-state index contributed by atoms with van der Waals surface area (Å²) < 4.78 is 12.5. The van der Waals surface area contributed by atoms with Crippen molar-refractivity contribution in [3.05, 3.63) is 47.7 Å². The highest BCUT2D eigenvalue weighted by Crippen LogP contribution is 2.28. The molecule has 0 unspecified atom stereocenters. The van der Waals surface area contributed by atoms with Gasteiger partial charge in [0.1, 0.15) is 11.5 Å². The molecule has 3 heterocycles. The molecule has 1 amide bonds. The lowest BCUT2D eigenvalue weighted by molar-refractivity contribution is -0.113. The lowest BCUT2D eigenvalue weighted by Gasteiger charge is -2.06. The second kappa shape index (κ2) is 9.36. The van der Waals surface area contributed by atoms with Crippen molar-refractivity contribution in [1.29, 1.82) is 0 Å². The van der Waals surface area contributed by atoms with Crippen molar-refractivity contribution in [3.63, 3.8) is 0 Å². The fraction of sp³-hybridized carbons (Fsp3) is 0.238. The van der Waals surface area contributed by atoms with Crippen LogP contribution in [-0.4, -0.2) is 38.5 Å². The smallest absolute Gasteiger partial charge is 0.236 e. The van der Waals surface area contributed by atoms with Crippen molar-refractivity contribution in [1.82, 2.24) is 19.7 Å². The minimum absolute atomic E-state index is 0.146. The maximum atomic E-state index is 12.5. The molecular weight excluding hydrogens is 434 g/mol. The van der Waals surface area contributed by atoms with Crippen LogP contribution in [0.1, 0.15) is 12.7 Å². The maximum absolute atomic E-state index is 12.5. The largest absolute Gasteiger partial charge is 0.497 e. The number of carbonyl (C=O) groups excluding carboxylic acids is 1. The highest BCUT2D eigenvalue weighted by Gasteiger charge is 2.17. The SMILES string of the molecule is CCn1c(SCC(=O)Nc2nc(-c3ccc(OC)cc3)cs2)nnc1-c1ccoc1C.